The molecule has 1 aliphatic rings. The molecule has 0 saturated heterocycles. The van der Waals surface area contributed by atoms with Crippen LogP contribution in [0.5, 0.6) is 5.75 Å². The maximum absolute atomic E-state index is 12.6. The monoisotopic (exact) mass is 431 g/mol. The number of phenols is 1. The molecule has 0 aliphatic heterocycles. The predicted octanol–water partition coefficient (Wildman–Crippen LogP) is 4.76. The molecule has 0 spiro atoms. The lowest BCUT2D eigenvalue weighted by Crippen LogP contribution is -2.22. The molecule has 2 N–H and O–H groups in total. The summed E-state index contributed by atoms with van der Waals surface area (Å²) >= 11 is 1.35. The van der Waals surface area contributed by atoms with Crippen molar-refractivity contribution in [3.8, 4) is 17.0 Å². The Bertz CT molecular complexity index is 1320. The largest absolute Gasteiger partial charge is 0.508 e. The zero-order chi connectivity index (χ0) is 21.5. The number of rotatable bonds is 5. The van der Waals surface area contributed by atoms with E-state index in [0.29, 0.717) is 11.6 Å². The number of fused-ring (bicyclic) bond motifs is 1. The van der Waals surface area contributed by atoms with E-state index in [1.54, 1.807) is 22.8 Å². The van der Waals surface area contributed by atoms with Gasteiger partial charge in [0.1, 0.15) is 5.75 Å². The molecule has 0 atom stereocenters. The van der Waals surface area contributed by atoms with E-state index in [4.69, 9.17) is 0 Å². The maximum atomic E-state index is 12.6. The van der Waals surface area contributed by atoms with Gasteiger partial charge in [0.2, 0.25) is 5.91 Å². The van der Waals surface area contributed by atoms with Gasteiger partial charge in [-0.1, -0.05) is 18.2 Å². The predicted molar refractivity (Wildman–Crippen MR) is 120 cm³/mol. The van der Waals surface area contributed by atoms with Crippen molar-refractivity contribution in [2.75, 3.05) is 0 Å². The third kappa shape index (κ3) is 3.84. The number of carbonyl (C=O) groups excluding carboxylic acids is 2. The minimum atomic E-state index is -0.245. The van der Waals surface area contributed by atoms with Crippen LogP contribution in [0.2, 0.25) is 0 Å². The number of amides is 1. The minimum absolute atomic E-state index is 0.164. The Labute approximate surface area is 183 Å². The van der Waals surface area contributed by atoms with Gasteiger partial charge in [-0.15, -0.1) is 11.3 Å². The summed E-state index contributed by atoms with van der Waals surface area (Å²) in [5.74, 6) is 0.252. The van der Waals surface area contributed by atoms with Gasteiger partial charge in [0.25, 0.3) is 5.91 Å². The molecule has 0 bridgehead atoms. The van der Waals surface area contributed by atoms with Crippen LogP contribution in [0.4, 0.5) is 0 Å². The highest BCUT2D eigenvalue weighted by molar-refractivity contribution is 7.14. The zero-order valence-corrected chi connectivity index (χ0v) is 17.8. The summed E-state index contributed by atoms with van der Waals surface area (Å²) in [6, 6.07) is 14.7. The van der Waals surface area contributed by atoms with Crippen molar-refractivity contribution in [3.63, 3.8) is 0 Å². The summed E-state index contributed by atoms with van der Waals surface area (Å²) in [4.78, 5) is 30.6. The van der Waals surface area contributed by atoms with E-state index < -0.39 is 0 Å². The van der Waals surface area contributed by atoms with Crippen molar-refractivity contribution < 1.29 is 14.7 Å². The van der Waals surface area contributed by atoms with Crippen LogP contribution in [-0.4, -0.2) is 26.5 Å². The molecule has 156 valence electrons. The number of thiazole rings is 1. The van der Waals surface area contributed by atoms with Gasteiger partial charge in [-0.3, -0.25) is 14.2 Å². The van der Waals surface area contributed by atoms with Crippen LogP contribution in [0.3, 0.4) is 0 Å². The van der Waals surface area contributed by atoms with Crippen LogP contribution in [0, 0.1) is 12.8 Å². The average molecular weight is 432 g/mol. The quantitative estimate of drug-likeness (QED) is 0.477. The smallest absolute Gasteiger partial charge is 0.280 e. The minimum Gasteiger partial charge on any atom is -0.508 e. The van der Waals surface area contributed by atoms with Gasteiger partial charge in [-0.05, 0) is 55.7 Å². The van der Waals surface area contributed by atoms with Crippen molar-refractivity contribution in [2.24, 2.45) is 5.92 Å². The van der Waals surface area contributed by atoms with Crippen LogP contribution in [-0.2, 0) is 6.54 Å². The molecule has 1 aliphatic carbocycles. The molecule has 2 aromatic carbocycles. The Balaban J connectivity index is 1.36. The number of hydrogen-bond acceptors (Lipinski definition) is 5. The lowest BCUT2D eigenvalue weighted by Gasteiger charge is -2.04. The molecular formula is C24H21N3O3S. The molecule has 4 aromatic rings. The van der Waals surface area contributed by atoms with Crippen LogP contribution >= 0.6 is 11.3 Å². The number of nitrogens with one attached hydrogen (secondary N) is 1. The van der Waals surface area contributed by atoms with Crippen LogP contribution in [0.25, 0.3) is 22.2 Å². The molecule has 5 rings (SSSR count). The molecule has 6 nitrogen and oxygen atoms in total. The Morgan fingerprint density at radius 2 is 2.03 bits per heavy atom. The van der Waals surface area contributed by atoms with Crippen LogP contribution in [0.15, 0.2) is 54.7 Å². The second-order valence-electron chi connectivity index (χ2n) is 7.85. The number of aromatic hydroxyl groups is 1. The van der Waals surface area contributed by atoms with Gasteiger partial charge < -0.3 is 10.4 Å². The van der Waals surface area contributed by atoms with Gasteiger partial charge in [0, 0.05) is 34.5 Å². The number of aryl methyl sites for hydroxylation is 1. The Hall–Kier alpha value is -3.45. The van der Waals surface area contributed by atoms with Gasteiger partial charge in [0.15, 0.2) is 5.01 Å². The van der Waals surface area contributed by atoms with E-state index >= 15 is 0 Å². The van der Waals surface area contributed by atoms with Gasteiger partial charge in [-0.2, -0.15) is 0 Å². The molecule has 31 heavy (non-hydrogen) atoms. The molecule has 0 radical (unpaired) electrons. The molecule has 2 aromatic heterocycles. The van der Waals surface area contributed by atoms with E-state index in [1.165, 1.54) is 11.3 Å². The van der Waals surface area contributed by atoms with Gasteiger partial charge in [0.05, 0.1) is 11.2 Å². The fourth-order valence-electron chi connectivity index (χ4n) is 3.69. The SMILES string of the molecule is Cc1sc(C(=O)NCc2cccc(O)c2)nc1-c1ccc2c(ccn2C(=O)C2CC2)c1. The topological polar surface area (TPSA) is 84.2 Å². The number of aromatic nitrogens is 2. The number of phenolic OH excluding ortho intramolecular Hbond substituents is 1. The van der Waals surface area contributed by atoms with Crippen LogP contribution in [0.1, 0.15) is 37.9 Å². The normalized spacial score (nSPS) is 13.5. The second-order valence-corrected chi connectivity index (χ2v) is 9.05. The first-order valence-electron chi connectivity index (χ1n) is 10.2. The lowest BCUT2D eigenvalue weighted by atomic mass is 10.1. The molecule has 0 unspecified atom stereocenters. The average Bonchev–Trinajstić information content (AvgIpc) is 3.42. The van der Waals surface area contributed by atoms with Gasteiger partial charge >= 0.3 is 0 Å². The summed E-state index contributed by atoms with van der Waals surface area (Å²) in [5, 5.41) is 13.8. The Kier molecular flexibility index (Phi) is 4.82. The number of benzene rings is 2. The summed E-state index contributed by atoms with van der Waals surface area (Å²) in [6.07, 6.45) is 3.79. The van der Waals surface area contributed by atoms with Crippen molar-refractivity contribution in [1.82, 2.24) is 14.9 Å². The number of carbonyl (C=O) groups is 2. The molecule has 2 heterocycles. The molecular weight excluding hydrogens is 410 g/mol. The van der Waals surface area contributed by atoms with Crippen molar-refractivity contribution in [3.05, 3.63) is 70.2 Å². The summed E-state index contributed by atoms with van der Waals surface area (Å²) in [5.41, 5.74) is 3.41. The molecule has 7 heteroatoms. The Morgan fingerprint density at radius 1 is 1.19 bits per heavy atom. The van der Waals surface area contributed by atoms with E-state index in [2.05, 4.69) is 10.3 Å². The van der Waals surface area contributed by atoms with E-state index in [0.717, 1.165) is 45.4 Å². The van der Waals surface area contributed by atoms with Crippen molar-refractivity contribution >= 4 is 34.1 Å². The molecule has 1 saturated carbocycles. The third-order valence-corrected chi connectivity index (χ3v) is 6.45. The highest BCUT2D eigenvalue weighted by atomic mass is 32.1. The van der Waals surface area contributed by atoms with E-state index in [9.17, 15) is 14.7 Å². The third-order valence-electron chi connectivity index (χ3n) is 5.48. The Morgan fingerprint density at radius 3 is 2.81 bits per heavy atom. The summed E-state index contributed by atoms with van der Waals surface area (Å²) < 4.78 is 1.74. The summed E-state index contributed by atoms with van der Waals surface area (Å²) in [6.45, 7) is 2.26. The number of hydrogen-bond donors (Lipinski definition) is 2. The first kappa shape index (κ1) is 19.5. The fraction of sp³-hybridized carbons (Fsp3) is 0.208. The van der Waals surface area contributed by atoms with Crippen LogP contribution < -0.4 is 5.32 Å². The lowest BCUT2D eigenvalue weighted by molar-refractivity contribution is 0.0890. The van der Waals surface area contributed by atoms with E-state index in [-0.39, 0.29) is 23.5 Å². The molecule has 1 amide bonds. The zero-order valence-electron chi connectivity index (χ0n) is 17.0. The summed E-state index contributed by atoms with van der Waals surface area (Å²) in [7, 11) is 0. The second kappa shape index (κ2) is 7.67. The first-order valence-corrected chi connectivity index (χ1v) is 11.0. The van der Waals surface area contributed by atoms with E-state index in [1.807, 2.05) is 43.5 Å². The molecule has 1 fully saturated rings. The standard InChI is InChI=1S/C24H21N3O3S/c1-14-21(26-23(31-14)22(29)25-13-15-3-2-4-19(28)11-15)18-7-8-20-17(12-18)9-10-27(20)24(30)16-5-6-16/h2-4,7-12,16,28H,5-6,13H2,1H3,(H,25,29). The first-order chi connectivity index (χ1) is 15.0. The fourth-order valence-corrected chi connectivity index (χ4v) is 4.55. The highest BCUT2D eigenvalue weighted by Gasteiger charge is 2.31. The maximum Gasteiger partial charge on any atom is 0.280 e. The van der Waals surface area contributed by atoms with Crippen molar-refractivity contribution in [2.45, 2.75) is 26.3 Å². The van der Waals surface area contributed by atoms with Gasteiger partial charge in [-0.25, -0.2) is 4.98 Å². The number of nitrogens with zero attached hydrogens (tertiary/aromatic N) is 2. The van der Waals surface area contributed by atoms with Crippen molar-refractivity contribution in [1.29, 1.82) is 0 Å². The highest BCUT2D eigenvalue weighted by Crippen LogP contribution is 2.34.